The number of aliphatic carboxylic acids is 1. The second kappa shape index (κ2) is 9.03. The molecule has 3 aromatic rings. The summed E-state index contributed by atoms with van der Waals surface area (Å²) in [6, 6.07) is 4.82. The number of carbonyl (C=O) groups is 3. The standard InChI is InChI=1S/C21H19N7O5S2/c1-33-25-14(12-10-35-21(22)23-12)17(29)24-15-18(30)28-16(20(31)32)11(9-34-19(15)28)8-27-7-6-26-5-3-2-4-13(26)27/h2-7,10,15,19H,8-9H2,1H3,(H3-,22,23,24,29,31,32)/p+1/t15-,19+/m1/s1. The Bertz CT molecular complexity index is 1410. The van der Waals surface area contributed by atoms with Crippen molar-refractivity contribution in [2.45, 2.75) is 18.0 Å². The molecular weight excluding hydrogens is 494 g/mol. The Labute approximate surface area is 206 Å². The van der Waals surface area contributed by atoms with Gasteiger partial charge in [-0.2, -0.15) is 0 Å². The first-order valence-corrected chi connectivity index (χ1v) is 12.3. The third kappa shape index (κ3) is 4.00. The van der Waals surface area contributed by atoms with E-state index in [-0.39, 0.29) is 22.2 Å². The summed E-state index contributed by atoms with van der Waals surface area (Å²) in [5, 5.41) is 17.6. The van der Waals surface area contributed by atoms with Crippen molar-refractivity contribution in [1.82, 2.24) is 19.6 Å². The number of fused-ring (bicyclic) bond motifs is 2. The van der Waals surface area contributed by atoms with Crippen molar-refractivity contribution in [3.05, 3.63) is 59.1 Å². The lowest BCUT2D eigenvalue weighted by atomic mass is 10.0. The number of oxime groups is 1. The molecule has 3 aromatic heterocycles. The van der Waals surface area contributed by atoms with Gasteiger partial charge >= 0.3 is 5.97 Å². The molecule has 2 amide bonds. The van der Waals surface area contributed by atoms with Gasteiger partial charge in [0.15, 0.2) is 10.8 Å². The van der Waals surface area contributed by atoms with Gasteiger partial charge < -0.3 is 21.0 Å². The fraction of sp³-hybridized carbons (Fsp3) is 0.238. The number of aromatic nitrogens is 3. The second-order valence-corrected chi connectivity index (χ2v) is 9.70. The number of β-lactam (4-membered cyclic amide) rings is 1. The Kier molecular flexibility index (Phi) is 5.90. The maximum atomic E-state index is 13.0. The quantitative estimate of drug-likeness (QED) is 0.173. The number of imidazole rings is 1. The number of nitrogens with one attached hydrogen (secondary N) is 1. The SMILES string of the molecule is CON=C(C(=O)N[C@@H]1C(=O)N2C(C(=O)O)=C(C[n+]3ccn4ccccc43)CS[C@@H]12)c1csc(N)n1. The first-order chi connectivity index (χ1) is 16.9. The zero-order valence-electron chi connectivity index (χ0n) is 18.3. The number of thioether (sulfide) groups is 1. The van der Waals surface area contributed by atoms with E-state index in [1.807, 2.05) is 45.8 Å². The fourth-order valence-corrected chi connectivity index (χ4v) is 5.97. The number of rotatable bonds is 7. The predicted molar refractivity (Wildman–Crippen MR) is 127 cm³/mol. The second-order valence-electron chi connectivity index (χ2n) is 7.70. The molecule has 1 saturated heterocycles. The van der Waals surface area contributed by atoms with Gasteiger partial charge in [0.05, 0.1) is 6.20 Å². The molecule has 0 unspecified atom stereocenters. The van der Waals surface area contributed by atoms with Crippen molar-refractivity contribution in [2.75, 3.05) is 18.6 Å². The maximum absolute atomic E-state index is 13.0. The Morgan fingerprint density at radius 3 is 2.94 bits per heavy atom. The number of carboxylic acid groups (broad SMARTS) is 1. The lowest BCUT2D eigenvalue weighted by molar-refractivity contribution is -0.662. The molecule has 2 aliphatic heterocycles. The van der Waals surface area contributed by atoms with Gasteiger partial charge in [-0.05, 0) is 6.07 Å². The first kappa shape index (κ1) is 22.9. The van der Waals surface area contributed by atoms with Crippen LogP contribution in [0.25, 0.3) is 5.65 Å². The van der Waals surface area contributed by atoms with Crippen molar-refractivity contribution < 1.29 is 28.9 Å². The van der Waals surface area contributed by atoms with Crippen LogP contribution < -0.4 is 15.6 Å². The van der Waals surface area contributed by atoms with Crippen LogP contribution in [0.3, 0.4) is 0 Å². The summed E-state index contributed by atoms with van der Waals surface area (Å²) in [7, 11) is 1.29. The zero-order chi connectivity index (χ0) is 24.7. The molecule has 0 radical (unpaired) electrons. The van der Waals surface area contributed by atoms with Crippen LogP contribution in [-0.4, -0.2) is 67.2 Å². The lowest BCUT2D eigenvalue weighted by Crippen LogP contribution is -2.71. The monoisotopic (exact) mass is 514 g/mol. The van der Waals surface area contributed by atoms with Crippen LogP contribution in [0.15, 0.2) is 58.6 Å². The van der Waals surface area contributed by atoms with E-state index in [1.165, 1.54) is 23.8 Å². The van der Waals surface area contributed by atoms with E-state index in [0.29, 0.717) is 17.9 Å². The number of nitrogens with zero attached hydrogens (tertiary/aromatic N) is 5. The molecule has 180 valence electrons. The van der Waals surface area contributed by atoms with Gasteiger partial charge in [0.2, 0.25) is 0 Å². The molecule has 0 saturated carbocycles. The van der Waals surface area contributed by atoms with Crippen molar-refractivity contribution in [1.29, 1.82) is 0 Å². The van der Waals surface area contributed by atoms with Crippen LogP contribution in [0.5, 0.6) is 0 Å². The Balaban J connectivity index is 1.37. The summed E-state index contributed by atoms with van der Waals surface area (Å²) in [5.74, 6) is -1.97. The van der Waals surface area contributed by atoms with Gasteiger partial charge in [0.25, 0.3) is 17.5 Å². The van der Waals surface area contributed by atoms with Gasteiger partial charge in [-0.1, -0.05) is 11.2 Å². The summed E-state index contributed by atoms with van der Waals surface area (Å²) in [6.45, 7) is 0.318. The summed E-state index contributed by atoms with van der Waals surface area (Å²) in [5.41, 5.74) is 7.19. The minimum Gasteiger partial charge on any atom is -0.477 e. The normalized spacial score (nSPS) is 20.0. The van der Waals surface area contributed by atoms with Gasteiger partial charge in [-0.3, -0.25) is 14.5 Å². The summed E-state index contributed by atoms with van der Waals surface area (Å²) < 4.78 is 3.85. The van der Waals surface area contributed by atoms with Crippen molar-refractivity contribution in [3.63, 3.8) is 0 Å². The smallest absolute Gasteiger partial charge is 0.352 e. The Morgan fingerprint density at radius 2 is 2.23 bits per heavy atom. The number of hydrogen-bond donors (Lipinski definition) is 3. The predicted octanol–water partition coefficient (Wildman–Crippen LogP) is 0.0548. The molecule has 35 heavy (non-hydrogen) atoms. The summed E-state index contributed by atoms with van der Waals surface area (Å²) in [6.07, 6.45) is 5.64. The Morgan fingerprint density at radius 1 is 1.40 bits per heavy atom. The largest absolute Gasteiger partial charge is 0.477 e. The van der Waals surface area contributed by atoms with Crippen LogP contribution in [-0.2, 0) is 25.8 Å². The lowest BCUT2D eigenvalue weighted by Gasteiger charge is -2.49. The van der Waals surface area contributed by atoms with Gasteiger partial charge in [-0.25, -0.2) is 18.7 Å². The molecular formula is C21H20N7O5S2+. The number of carbonyl (C=O) groups excluding carboxylic acids is 2. The summed E-state index contributed by atoms with van der Waals surface area (Å²) in [4.78, 5) is 48.1. The highest BCUT2D eigenvalue weighted by atomic mass is 32.2. The van der Waals surface area contributed by atoms with Crippen molar-refractivity contribution in [3.8, 4) is 0 Å². The Hall–Kier alpha value is -3.91. The minimum atomic E-state index is -1.19. The molecule has 0 aromatic carbocycles. The fourth-order valence-electron chi connectivity index (χ4n) is 4.09. The molecule has 5 rings (SSSR count). The number of nitrogens with two attached hydrogens (primary N) is 1. The van der Waals surface area contributed by atoms with Crippen LogP contribution in [0.1, 0.15) is 5.69 Å². The van der Waals surface area contributed by atoms with E-state index < -0.39 is 29.2 Å². The molecule has 2 aliphatic rings. The van der Waals surface area contributed by atoms with Crippen LogP contribution in [0, 0.1) is 0 Å². The number of nitrogen functional groups attached to an aromatic ring is 1. The van der Waals surface area contributed by atoms with E-state index in [0.717, 1.165) is 17.0 Å². The van der Waals surface area contributed by atoms with Crippen LogP contribution in [0.4, 0.5) is 5.13 Å². The van der Waals surface area contributed by atoms with Gasteiger partial charge in [-0.15, -0.1) is 23.1 Å². The van der Waals surface area contributed by atoms with Crippen molar-refractivity contribution >= 4 is 57.4 Å². The number of thiazole rings is 1. The minimum absolute atomic E-state index is 0.0508. The maximum Gasteiger partial charge on any atom is 0.352 e. The average molecular weight is 515 g/mol. The molecule has 4 N–H and O–H groups in total. The molecule has 0 bridgehead atoms. The molecule has 1 fully saturated rings. The zero-order valence-corrected chi connectivity index (χ0v) is 20.0. The molecule has 2 atom stereocenters. The van der Waals surface area contributed by atoms with Gasteiger partial charge in [0, 0.05) is 22.8 Å². The average Bonchev–Trinajstić information content (AvgIpc) is 3.46. The van der Waals surface area contributed by atoms with Gasteiger partial charge in [0.1, 0.15) is 48.9 Å². The highest BCUT2D eigenvalue weighted by Gasteiger charge is 2.54. The molecule has 12 nitrogen and oxygen atoms in total. The molecule has 14 heteroatoms. The summed E-state index contributed by atoms with van der Waals surface area (Å²) >= 11 is 2.53. The third-order valence-corrected chi connectivity index (χ3v) is 7.64. The number of pyridine rings is 1. The number of amides is 2. The van der Waals surface area contributed by atoms with E-state index in [4.69, 9.17) is 10.6 Å². The molecule has 0 aliphatic carbocycles. The third-order valence-electron chi connectivity index (χ3n) is 5.63. The van der Waals surface area contributed by atoms with E-state index in [2.05, 4.69) is 15.5 Å². The van der Waals surface area contributed by atoms with Crippen LogP contribution >= 0.6 is 23.1 Å². The number of hydrogen-bond acceptors (Lipinski definition) is 9. The highest BCUT2D eigenvalue weighted by molar-refractivity contribution is 8.00. The van der Waals surface area contributed by atoms with Crippen molar-refractivity contribution in [2.24, 2.45) is 5.16 Å². The molecule has 0 spiro atoms. The topological polar surface area (TPSA) is 156 Å². The van der Waals surface area contributed by atoms with E-state index >= 15 is 0 Å². The highest BCUT2D eigenvalue weighted by Crippen LogP contribution is 2.40. The van der Waals surface area contributed by atoms with Crippen LogP contribution in [0.2, 0.25) is 0 Å². The van der Waals surface area contributed by atoms with E-state index in [1.54, 1.807) is 5.38 Å². The number of anilines is 1. The first-order valence-electron chi connectivity index (χ1n) is 10.4. The van der Waals surface area contributed by atoms with E-state index in [9.17, 15) is 19.5 Å². The molecule has 5 heterocycles. The number of carboxylic acids is 1.